The standard InChI is InChI=1S/C36H47N3O2/c1-2-19-38-20-8-5-11-23-41-35-18-17-32(26-33(35)25-29-13-12-14-30(24-29)28-38)36(40)37-27-34(31-15-6-3-7-16-31)39-21-9-4-10-22-39/h3,6-7,12-18,24,26,34H,2,4-5,8-11,19-23,25,27-28H2,1H3,(H,37,40). The van der Waals surface area contributed by atoms with Crippen molar-refractivity contribution in [1.29, 1.82) is 0 Å². The van der Waals surface area contributed by atoms with E-state index in [-0.39, 0.29) is 11.9 Å². The van der Waals surface area contributed by atoms with Gasteiger partial charge in [-0.3, -0.25) is 14.6 Å². The maximum Gasteiger partial charge on any atom is 0.251 e. The molecule has 3 aromatic carbocycles. The fourth-order valence-corrected chi connectivity index (χ4v) is 6.35. The van der Waals surface area contributed by atoms with Gasteiger partial charge >= 0.3 is 0 Å². The van der Waals surface area contributed by atoms with Crippen LogP contribution in [0.2, 0.25) is 0 Å². The molecule has 1 N–H and O–H groups in total. The van der Waals surface area contributed by atoms with Gasteiger partial charge in [-0.15, -0.1) is 0 Å². The molecule has 1 unspecified atom stereocenters. The normalized spacial score (nSPS) is 18.0. The van der Waals surface area contributed by atoms with Gasteiger partial charge in [-0.1, -0.05) is 67.9 Å². The number of hydrogen-bond acceptors (Lipinski definition) is 4. The topological polar surface area (TPSA) is 44.8 Å². The molecule has 2 aliphatic heterocycles. The van der Waals surface area contributed by atoms with E-state index in [1.807, 2.05) is 18.2 Å². The minimum Gasteiger partial charge on any atom is -0.493 e. The molecule has 0 spiro atoms. The summed E-state index contributed by atoms with van der Waals surface area (Å²) in [5, 5.41) is 3.28. The van der Waals surface area contributed by atoms with Crippen LogP contribution in [0.4, 0.5) is 0 Å². The first-order valence-electron chi connectivity index (χ1n) is 15.8. The van der Waals surface area contributed by atoms with Crippen molar-refractivity contribution in [2.45, 2.75) is 70.9 Å². The van der Waals surface area contributed by atoms with Crippen molar-refractivity contribution in [3.05, 3.63) is 101 Å². The van der Waals surface area contributed by atoms with Crippen molar-refractivity contribution in [2.24, 2.45) is 0 Å². The lowest BCUT2D eigenvalue weighted by Gasteiger charge is -2.35. The van der Waals surface area contributed by atoms with Gasteiger partial charge in [-0.05, 0) is 105 Å². The highest BCUT2D eigenvalue weighted by Crippen LogP contribution is 2.27. The smallest absolute Gasteiger partial charge is 0.251 e. The largest absolute Gasteiger partial charge is 0.493 e. The Kier molecular flexibility index (Phi) is 10.9. The summed E-state index contributed by atoms with van der Waals surface area (Å²) in [6, 6.07) is 25.7. The Morgan fingerprint density at radius 3 is 2.46 bits per heavy atom. The van der Waals surface area contributed by atoms with Gasteiger partial charge in [0.15, 0.2) is 0 Å². The zero-order chi connectivity index (χ0) is 28.3. The fraction of sp³-hybridized carbons (Fsp3) is 0.472. The van der Waals surface area contributed by atoms with E-state index in [2.05, 4.69) is 76.6 Å². The van der Waals surface area contributed by atoms with Gasteiger partial charge < -0.3 is 10.1 Å². The van der Waals surface area contributed by atoms with Crippen LogP contribution in [0, 0.1) is 0 Å². The summed E-state index contributed by atoms with van der Waals surface area (Å²) in [5.41, 5.74) is 5.66. The third kappa shape index (κ3) is 8.43. The van der Waals surface area contributed by atoms with E-state index in [1.165, 1.54) is 48.8 Å². The second kappa shape index (κ2) is 15.2. The average Bonchev–Trinajstić information content (AvgIpc) is 3.00. The molecule has 3 aromatic rings. The Hall–Kier alpha value is -3.15. The molecule has 5 rings (SSSR count). The number of carbonyl (C=O) groups excluding carboxylic acids is 1. The van der Waals surface area contributed by atoms with Crippen LogP contribution in [0.1, 0.15) is 90.5 Å². The number of carbonyl (C=O) groups is 1. The summed E-state index contributed by atoms with van der Waals surface area (Å²) in [7, 11) is 0. The zero-order valence-electron chi connectivity index (χ0n) is 24.8. The number of nitrogens with zero attached hydrogens (tertiary/aromatic N) is 2. The molecule has 1 saturated heterocycles. The van der Waals surface area contributed by atoms with Crippen molar-refractivity contribution in [1.82, 2.24) is 15.1 Å². The fourth-order valence-electron chi connectivity index (χ4n) is 6.35. The molecule has 2 bridgehead atoms. The van der Waals surface area contributed by atoms with Crippen molar-refractivity contribution in [3.8, 4) is 5.75 Å². The number of nitrogens with one attached hydrogen (secondary N) is 1. The number of hydrogen-bond donors (Lipinski definition) is 1. The molecule has 2 heterocycles. The number of fused-ring (bicyclic) bond motifs is 3. The van der Waals surface area contributed by atoms with Crippen LogP contribution in [0.25, 0.3) is 0 Å². The first-order valence-corrected chi connectivity index (χ1v) is 15.8. The summed E-state index contributed by atoms with van der Waals surface area (Å²) >= 11 is 0. The Labute approximate surface area is 246 Å². The molecule has 1 amide bonds. The van der Waals surface area contributed by atoms with Crippen molar-refractivity contribution >= 4 is 5.91 Å². The highest BCUT2D eigenvalue weighted by Gasteiger charge is 2.23. The van der Waals surface area contributed by atoms with Crippen LogP contribution >= 0.6 is 0 Å². The number of ether oxygens (including phenoxy) is 1. The van der Waals surface area contributed by atoms with Gasteiger partial charge in [0, 0.05) is 25.1 Å². The zero-order valence-corrected chi connectivity index (χ0v) is 24.8. The Morgan fingerprint density at radius 2 is 1.63 bits per heavy atom. The van der Waals surface area contributed by atoms with E-state index in [4.69, 9.17) is 4.74 Å². The minimum atomic E-state index is -0.0193. The summed E-state index contributed by atoms with van der Waals surface area (Å²) in [5.74, 6) is 0.876. The Morgan fingerprint density at radius 1 is 0.854 bits per heavy atom. The number of amides is 1. The van der Waals surface area contributed by atoms with Crippen LogP contribution in [0.5, 0.6) is 5.75 Å². The van der Waals surface area contributed by atoms with E-state index >= 15 is 0 Å². The lowest BCUT2D eigenvalue weighted by molar-refractivity contribution is 0.0924. The minimum absolute atomic E-state index is 0.0193. The molecule has 1 fully saturated rings. The summed E-state index contributed by atoms with van der Waals surface area (Å²) in [4.78, 5) is 18.6. The maximum absolute atomic E-state index is 13.5. The molecular weight excluding hydrogens is 506 g/mol. The Balaban J connectivity index is 1.33. The van der Waals surface area contributed by atoms with Gasteiger partial charge in [-0.2, -0.15) is 0 Å². The van der Waals surface area contributed by atoms with Gasteiger partial charge in [0.25, 0.3) is 5.91 Å². The van der Waals surface area contributed by atoms with Crippen molar-refractivity contribution in [3.63, 3.8) is 0 Å². The number of likely N-dealkylation sites (tertiary alicyclic amines) is 1. The molecule has 41 heavy (non-hydrogen) atoms. The van der Waals surface area contributed by atoms with Crippen LogP contribution in [0.15, 0.2) is 72.8 Å². The van der Waals surface area contributed by atoms with Crippen LogP contribution in [0.3, 0.4) is 0 Å². The molecule has 2 aliphatic rings. The van der Waals surface area contributed by atoms with Gasteiger partial charge in [0.1, 0.15) is 5.75 Å². The lowest BCUT2D eigenvalue weighted by atomic mass is 9.99. The summed E-state index contributed by atoms with van der Waals surface area (Å²) in [6.45, 7) is 9.00. The molecule has 0 aliphatic carbocycles. The third-order valence-electron chi connectivity index (χ3n) is 8.50. The number of piperidine rings is 1. The summed E-state index contributed by atoms with van der Waals surface area (Å²) in [6.07, 6.45) is 9.06. The second-order valence-corrected chi connectivity index (χ2v) is 11.7. The van der Waals surface area contributed by atoms with Gasteiger partial charge in [0.05, 0.1) is 12.6 Å². The second-order valence-electron chi connectivity index (χ2n) is 11.7. The Bertz CT molecular complexity index is 1240. The first kappa shape index (κ1) is 29.3. The van der Waals surface area contributed by atoms with E-state index in [9.17, 15) is 4.79 Å². The molecule has 1 atom stereocenters. The van der Waals surface area contributed by atoms with Crippen molar-refractivity contribution < 1.29 is 9.53 Å². The molecule has 0 aromatic heterocycles. The molecule has 0 saturated carbocycles. The van der Waals surface area contributed by atoms with E-state index < -0.39 is 0 Å². The SMILES string of the molecule is CCCN1CCCCCOc2ccc(C(=O)NCC(c3ccccc3)N3CCCCC3)cc2Cc2cccc(c2)C1. The molecular formula is C36H47N3O2. The quantitative estimate of drug-likeness (QED) is 0.342. The highest BCUT2D eigenvalue weighted by molar-refractivity contribution is 5.94. The van der Waals surface area contributed by atoms with Crippen LogP contribution in [-0.4, -0.2) is 55.0 Å². The van der Waals surface area contributed by atoms with Crippen LogP contribution < -0.4 is 10.1 Å². The van der Waals surface area contributed by atoms with E-state index in [1.54, 1.807) is 0 Å². The molecule has 5 heteroatoms. The third-order valence-corrected chi connectivity index (χ3v) is 8.50. The average molecular weight is 554 g/mol. The number of benzene rings is 3. The molecule has 218 valence electrons. The van der Waals surface area contributed by atoms with E-state index in [0.717, 1.165) is 63.3 Å². The predicted molar refractivity (Wildman–Crippen MR) is 168 cm³/mol. The van der Waals surface area contributed by atoms with Gasteiger partial charge in [0.2, 0.25) is 0 Å². The number of rotatable bonds is 7. The first-order chi connectivity index (χ1) is 20.2. The highest BCUT2D eigenvalue weighted by atomic mass is 16.5. The molecule has 0 radical (unpaired) electrons. The van der Waals surface area contributed by atoms with E-state index in [0.29, 0.717) is 18.7 Å². The summed E-state index contributed by atoms with van der Waals surface area (Å²) < 4.78 is 6.30. The monoisotopic (exact) mass is 553 g/mol. The maximum atomic E-state index is 13.5. The van der Waals surface area contributed by atoms with Crippen LogP contribution in [-0.2, 0) is 13.0 Å². The lowest BCUT2D eigenvalue weighted by Crippen LogP contribution is -2.40. The molecule has 5 nitrogen and oxygen atoms in total. The van der Waals surface area contributed by atoms with Crippen molar-refractivity contribution in [2.75, 3.05) is 39.3 Å². The van der Waals surface area contributed by atoms with Gasteiger partial charge in [-0.25, -0.2) is 0 Å². The predicted octanol–water partition coefficient (Wildman–Crippen LogP) is 7.01.